The molecule has 1 aliphatic rings. The van der Waals surface area contributed by atoms with E-state index in [1.165, 1.54) is 19.1 Å². The van der Waals surface area contributed by atoms with Crippen LogP contribution in [0.3, 0.4) is 0 Å². The first-order valence-electron chi connectivity index (χ1n) is 10.9. The average Bonchev–Trinajstić information content (AvgIpc) is 3.40. The number of likely N-dealkylation sites (tertiary alicyclic amines) is 1. The van der Waals surface area contributed by atoms with E-state index in [0.717, 1.165) is 48.9 Å². The fraction of sp³-hybridized carbons (Fsp3) is 0.522. The number of likely N-dealkylation sites (N-methyl/N-ethyl adjacent to an activating group) is 1. The van der Waals surface area contributed by atoms with Crippen molar-refractivity contribution in [3.8, 4) is 0 Å². The van der Waals surface area contributed by atoms with Crippen molar-refractivity contribution in [2.45, 2.75) is 50.6 Å². The molecule has 1 aromatic heterocycles. The summed E-state index contributed by atoms with van der Waals surface area (Å²) in [4.78, 5) is 7.63. The molecular weight excluding hydrogens is 412 g/mol. The van der Waals surface area contributed by atoms with Gasteiger partial charge in [-0.3, -0.25) is 4.90 Å². The third kappa shape index (κ3) is 6.83. The molecule has 3 rings (SSSR count). The Bertz CT molecular complexity index is 971. The summed E-state index contributed by atoms with van der Waals surface area (Å²) in [5.74, 6) is 1.70. The number of benzene rings is 1. The van der Waals surface area contributed by atoms with E-state index in [4.69, 9.17) is 9.41 Å². The van der Waals surface area contributed by atoms with E-state index in [1.54, 1.807) is 12.3 Å². The van der Waals surface area contributed by atoms with Crippen LogP contribution < -0.4 is 10.6 Å². The summed E-state index contributed by atoms with van der Waals surface area (Å²) >= 11 is 0. The summed E-state index contributed by atoms with van der Waals surface area (Å²) in [6.45, 7) is 8.30. The zero-order chi connectivity index (χ0) is 22.3. The van der Waals surface area contributed by atoms with Crippen LogP contribution in [0.2, 0.25) is 0 Å². The lowest BCUT2D eigenvalue weighted by atomic mass is 10.1. The summed E-state index contributed by atoms with van der Waals surface area (Å²) in [5, 5.41) is 6.90. The van der Waals surface area contributed by atoms with Gasteiger partial charge in [0.15, 0.2) is 15.8 Å². The second kappa shape index (κ2) is 10.8. The van der Waals surface area contributed by atoms with Gasteiger partial charge in [-0.05, 0) is 62.2 Å². The molecule has 0 aliphatic carbocycles. The number of sulfone groups is 1. The van der Waals surface area contributed by atoms with Crippen LogP contribution in [0.4, 0.5) is 0 Å². The minimum Gasteiger partial charge on any atom is -0.469 e. The first-order valence-corrected chi connectivity index (χ1v) is 12.8. The maximum atomic E-state index is 11.8. The molecule has 0 saturated carbocycles. The molecule has 8 heteroatoms. The second-order valence-corrected chi connectivity index (χ2v) is 10.1. The molecule has 0 amide bonds. The van der Waals surface area contributed by atoms with Crippen LogP contribution in [-0.2, 0) is 22.8 Å². The number of hydrogen-bond donors (Lipinski definition) is 2. The van der Waals surface area contributed by atoms with Crippen LogP contribution in [0.1, 0.15) is 36.7 Å². The lowest BCUT2D eigenvalue weighted by Crippen LogP contribution is -2.45. The van der Waals surface area contributed by atoms with E-state index in [1.807, 2.05) is 31.2 Å². The predicted molar refractivity (Wildman–Crippen MR) is 124 cm³/mol. The van der Waals surface area contributed by atoms with Gasteiger partial charge in [-0.2, -0.15) is 0 Å². The first-order chi connectivity index (χ1) is 14.9. The van der Waals surface area contributed by atoms with Gasteiger partial charge in [-0.25, -0.2) is 13.4 Å². The first kappa shape index (κ1) is 23.3. The second-order valence-electron chi connectivity index (χ2n) is 8.10. The Hall–Kier alpha value is -2.32. The maximum Gasteiger partial charge on any atom is 0.191 e. The normalized spacial score (nSPS) is 17.8. The summed E-state index contributed by atoms with van der Waals surface area (Å²) < 4.78 is 29.1. The van der Waals surface area contributed by atoms with Gasteiger partial charge in [0.1, 0.15) is 5.76 Å². The average molecular weight is 447 g/mol. The highest BCUT2D eigenvalue weighted by molar-refractivity contribution is 7.90. The molecule has 1 aromatic carbocycles. The minimum atomic E-state index is -3.22. The van der Waals surface area contributed by atoms with Gasteiger partial charge in [0.2, 0.25) is 0 Å². The van der Waals surface area contributed by atoms with Crippen molar-refractivity contribution in [3.05, 3.63) is 53.5 Å². The molecule has 0 bridgehead atoms. The quantitative estimate of drug-likeness (QED) is 0.455. The SMILES string of the molecule is CCN1CCCC1CNC(=NCc1ccc(S(C)(=O)=O)c(C)c1)NCCc1ccco1. The number of aryl methyl sites for hydroxylation is 1. The van der Waals surface area contributed by atoms with Crippen molar-refractivity contribution >= 4 is 15.8 Å². The van der Waals surface area contributed by atoms with E-state index < -0.39 is 9.84 Å². The highest BCUT2D eigenvalue weighted by Gasteiger charge is 2.22. The van der Waals surface area contributed by atoms with E-state index in [0.29, 0.717) is 24.0 Å². The van der Waals surface area contributed by atoms with E-state index in [-0.39, 0.29) is 0 Å². The molecule has 2 N–H and O–H groups in total. The van der Waals surface area contributed by atoms with Crippen molar-refractivity contribution in [3.63, 3.8) is 0 Å². The summed E-state index contributed by atoms with van der Waals surface area (Å²) in [5.41, 5.74) is 1.73. The Balaban J connectivity index is 1.65. The number of hydrogen-bond acceptors (Lipinski definition) is 5. The van der Waals surface area contributed by atoms with Gasteiger partial charge in [0, 0.05) is 31.8 Å². The lowest BCUT2D eigenvalue weighted by Gasteiger charge is -2.24. The van der Waals surface area contributed by atoms with Crippen LogP contribution in [0, 0.1) is 6.92 Å². The highest BCUT2D eigenvalue weighted by atomic mass is 32.2. The Morgan fingerprint density at radius 3 is 2.81 bits per heavy atom. The molecule has 7 nitrogen and oxygen atoms in total. The Morgan fingerprint density at radius 2 is 2.13 bits per heavy atom. The van der Waals surface area contributed by atoms with Crippen LogP contribution in [0.15, 0.2) is 50.9 Å². The van der Waals surface area contributed by atoms with Crippen LogP contribution in [0.5, 0.6) is 0 Å². The van der Waals surface area contributed by atoms with Crippen LogP contribution >= 0.6 is 0 Å². The number of rotatable bonds is 9. The van der Waals surface area contributed by atoms with Crippen molar-refractivity contribution < 1.29 is 12.8 Å². The molecule has 2 heterocycles. The van der Waals surface area contributed by atoms with Crippen molar-refractivity contribution in [2.75, 3.05) is 32.4 Å². The van der Waals surface area contributed by atoms with Crippen LogP contribution in [-0.4, -0.2) is 57.8 Å². The standard InChI is InChI=1S/C23H34N4O3S/c1-4-27-13-5-7-20(27)17-26-23(24-12-11-21-8-6-14-30-21)25-16-19-9-10-22(18(2)15-19)31(3,28)29/h6,8-10,14-15,20H,4-5,7,11-13,16-17H2,1-3H3,(H2,24,25,26). The highest BCUT2D eigenvalue weighted by Crippen LogP contribution is 2.17. The molecule has 1 atom stereocenters. The Kier molecular flexibility index (Phi) is 8.15. The van der Waals surface area contributed by atoms with E-state index in [2.05, 4.69) is 22.5 Å². The number of nitrogens with one attached hydrogen (secondary N) is 2. The number of aliphatic imine (C=N–C) groups is 1. The molecule has 31 heavy (non-hydrogen) atoms. The Labute approximate surface area is 185 Å². The monoisotopic (exact) mass is 446 g/mol. The number of nitrogens with zero attached hydrogens (tertiary/aromatic N) is 2. The smallest absolute Gasteiger partial charge is 0.191 e. The topological polar surface area (TPSA) is 86.9 Å². The third-order valence-corrected chi connectivity index (χ3v) is 6.97. The Morgan fingerprint density at radius 1 is 1.29 bits per heavy atom. The van der Waals surface area contributed by atoms with Gasteiger partial charge in [-0.1, -0.05) is 19.1 Å². The van der Waals surface area contributed by atoms with Crippen molar-refractivity contribution in [2.24, 2.45) is 4.99 Å². The van der Waals surface area contributed by atoms with Gasteiger partial charge in [-0.15, -0.1) is 0 Å². The molecule has 1 saturated heterocycles. The summed E-state index contributed by atoms with van der Waals surface area (Å²) in [6.07, 6.45) is 6.14. The zero-order valence-corrected chi connectivity index (χ0v) is 19.5. The summed E-state index contributed by atoms with van der Waals surface area (Å²) in [7, 11) is -3.22. The molecule has 1 aliphatic heterocycles. The van der Waals surface area contributed by atoms with Crippen molar-refractivity contribution in [1.29, 1.82) is 0 Å². The molecule has 170 valence electrons. The van der Waals surface area contributed by atoms with E-state index >= 15 is 0 Å². The van der Waals surface area contributed by atoms with Gasteiger partial charge in [0.25, 0.3) is 0 Å². The predicted octanol–water partition coefficient (Wildman–Crippen LogP) is 2.75. The lowest BCUT2D eigenvalue weighted by molar-refractivity contribution is 0.267. The zero-order valence-electron chi connectivity index (χ0n) is 18.7. The number of guanidine groups is 1. The number of furan rings is 1. The van der Waals surface area contributed by atoms with Gasteiger partial charge >= 0.3 is 0 Å². The molecule has 0 radical (unpaired) electrons. The molecular formula is C23H34N4O3S. The summed E-state index contributed by atoms with van der Waals surface area (Å²) in [6, 6.07) is 9.79. The molecule has 2 aromatic rings. The van der Waals surface area contributed by atoms with Gasteiger partial charge in [0.05, 0.1) is 17.7 Å². The molecule has 1 fully saturated rings. The fourth-order valence-corrected chi connectivity index (χ4v) is 5.05. The molecule has 0 spiro atoms. The minimum absolute atomic E-state index is 0.371. The maximum absolute atomic E-state index is 11.8. The molecule has 1 unspecified atom stereocenters. The van der Waals surface area contributed by atoms with E-state index in [9.17, 15) is 8.42 Å². The van der Waals surface area contributed by atoms with Crippen molar-refractivity contribution in [1.82, 2.24) is 15.5 Å². The van der Waals surface area contributed by atoms with Gasteiger partial charge < -0.3 is 15.1 Å². The largest absolute Gasteiger partial charge is 0.469 e. The fourth-order valence-electron chi connectivity index (χ4n) is 4.09. The van der Waals surface area contributed by atoms with Crippen LogP contribution in [0.25, 0.3) is 0 Å². The third-order valence-electron chi connectivity index (χ3n) is 5.71.